The summed E-state index contributed by atoms with van der Waals surface area (Å²) in [7, 11) is 3.68. The number of hydrogen-bond acceptors (Lipinski definition) is 4. The second kappa shape index (κ2) is 8.07. The Hall–Kier alpha value is -2.50. The highest BCUT2D eigenvalue weighted by atomic mass is 16.5. The predicted octanol–water partition coefficient (Wildman–Crippen LogP) is 2.28. The van der Waals surface area contributed by atoms with E-state index in [9.17, 15) is 0 Å². The minimum absolute atomic E-state index is 0.492. The number of nitrogens with one attached hydrogen (secondary N) is 1. The number of guanidine groups is 1. The Morgan fingerprint density at radius 1 is 1.32 bits per heavy atom. The Labute approximate surface area is 130 Å². The van der Waals surface area contributed by atoms with E-state index in [4.69, 9.17) is 9.26 Å². The van der Waals surface area contributed by atoms with Crippen molar-refractivity contribution in [2.45, 2.75) is 20.0 Å². The molecule has 0 aliphatic carbocycles. The summed E-state index contributed by atoms with van der Waals surface area (Å²) in [4.78, 5) is 6.64. The number of aromatic nitrogens is 1. The topological polar surface area (TPSA) is 62.9 Å². The largest absolute Gasteiger partial charge is 0.497 e. The van der Waals surface area contributed by atoms with Crippen LogP contribution in [0.25, 0.3) is 0 Å². The molecular formula is C16H22N4O2. The monoisotopic (exact) mass is 302 g/mol. The van der Waals surface area contributed by atoms with Crippen molar-refractivity contribution in [2.75, 3.05) is 20.7 Å². The molecule has 1 aromatic carbocycles. The van der Waals surface area contributed by atoms with Gasteiger partial charge in [0.25, 0.3) is 0 Å². The number of ether oxygens (including phenoxy) is 1. The highest BCUT2D eigenvalue weighted by Crippen LogP contribution is 2.12. The highest BCUT2D eigenvalue weighted by molar-refractivity contribution is 5.79. The first kappa shape index (κ1) is 15.9. The van der Waals surface area contributed by atoms with Crippen LogP contribution >= 0.6 is 0 Å². The van der Waals surface area contributed by atoms with Gasteiger partial charge in [0.15, 0.2) is 5.96 Å². The van der Waals surface area contributed by atoms with E-state index < -0.39 is 0 Å². The molecule has 0 fully saturated rings. The standard InChI is InChI=1S/C16H22N4O2/c1-4-17-16(18-11-14-9-10-22-19-14)20(2)12-13-5-7-15(21-3)8-6-13/h5-10H,4,11-12H2,1-3H3,(H,17,18). The van der Waals surface area contributed by atoms with Crippen LogP contribution in [0.2, 0.25) is 0 Å². The van der Waals surface area contributed by atoms with Gasteiger partial charge in [-0.05, 0) is 24.6 Å². The van der Waals surface area contributed by atoms with E-state index in [1.54, 1.807) is 13.4 Å². The second-order valence-corrected chi connectivity index (χ2v) is 4.87. The lowest BCUT2D eigenvalue weighted by molar-refractivity contribution is 0.411. The lowest BCUT2D eigenvalue weighted by atomic mass is 10.2. The fourth-order valence-corrected chi connectivity index (χ4v) is 2.02. The van der Waals surface area contributed by atoms with Crippen LogP contribution in [0.4, 0.5) is 0 Å². The Balaban J connectivity index is 2.01. The molecule has 0 aliphatic heterocycles. The molecule has 0 spiro atoms. The van der Waals surface area contributed by atoms with E-state index in [0.717, 1.165) is 30.5 Å². The number of hydrogen-bond donors (Lipinski definition) is 1. The molecule has 1 N–H and O–H groups in total. The van der Waals surface area contributed by atoms with Crippen LogP contribution in [0, 0.1) is 0 Å². The van der Waals surface area contributed by atoms with Gasteiger partial charge in [-0.15, -0.1) is 0 Å². The third-order valence-electron chi connectivity index (χ3n) is 3.16. The number of nitrogens with zero attached hydrogens (tertiary/aromatic N) is 3. The summed E-state index contributed by atoms with van der Waals surface area (Å²) in [6.07, 6.45) is 1.55. The van der Waals surface area contributed by atoms with Crippen molar-refractivity contribution in [3.63, 3.8) is 0 Å². The number of aliphatic imine (C=N–C) groups is 1. The molecule has 1 heterocycles. The van der Waals surface area contributed by atoms with Crippen molar-refractivity contribution >= 4 is 5.96 Å². The first-order valence-electron chi connectivity index (χ1n) is 7.24. The third-order valence-corrected chi connectivity index (χ3v) is 3.16. The maximum Gasteiger partial charge on any atom is 0.194 e. The molecule has 0 amide bonds. The van der Waals surface area contributed by atoms with E-state index in [2.05, 4.69) is 32.5 Å². The fraction of sp³-hybridized carbons (Fsp3) is 0.375. The molecule has 2 aromatic rings. The molecule has 6 heteroatoms. The molecular weight excluding hydrogens is 280 g/mol. The van der Waals surface area contributed by atoms with Crippen molar-refractivity contribution in [1.29, 1.82) is 0 Å². The van der Waals surface area contributed by atoms with Gasteiger partial charge < -0.3 is 19.5 Å². The molecule has 0 saturated heterocycles. The molecule has 1 aromatic heterocycles. The van der Waals surface area contributed by atoms with E-state index in [-0.39, 0.29) is 0 Å². The van der Waals surface area contributed by atoms with Crippen LogP contribution in [0.15, 0.2) is 46.1 Å². The van der Waals surface area contributed by atoms with E-state index in [0.29, 0.717) is 6.54 Å². The lowest BCUT2D eigenvalue weighted by Gasteiger charge is -2.22. The molecule has 0 saturated carbocycles. The zero-order valence-corrected chi connectivity index (χ0v) is 13.2. The average molecular weight is 302 g/mol. The number of methoxy groups -OCH3 is 1. The molecule has 0 aliphatic rings. The van der Waals surface area contributed by atoms with Crippen LogP contribution in [-0.2, 0) is 13.1 Å². The van der Waals surface area contributed by atoms with Crippen LogP contribution in [0.1, 0.15) is 18.2 Å². The van der Waals surface area contributed by atoms with Gasteiger partial charge in [-0.2, -0.15) is 0 Å². The van der Waals surface area contributed by atoms with Gasteiger partial charge in [-0.1, -0.05) is 17.3 Å². The predicted molar refractivity (Wildman–Crippen MR) is 85.8 cm³/mol. The molecule has 6 nitrogen and oxygen atoms in total. The van der Waals surface area contributed by atoms with Crippen LogP contribution in [-0.4, -0.2) is 36.7 Å². The molecule has 0 atom stereocenters. The fourth-order valence-electron chi connectivity index (χ4n) is 2.02. The van der Waals surface area contributed by atoms with Gasteiger partial charge in [-0.3, -0.25) is 0 Å². The summed E-state index contributed by atoms with van der Waals surface area (Å²) in [6.45, 7) is 4.11. The maximum absolute atomic E-state index is 5.17. The Morgan fingerprint density at radius 2 is 2.09 bits per heavy atom. The van der Waals surface area contributed by atoms with Crippen molar-refractivity contribution < 1.29 is 9.26 Å². The van der Waals surface area contributed by atoms with E-state index in [1.165, 1.54) is 5.56 Å². The zero-order valence-electron chi connectivity index (χ0n) is 13.2. The summed E-state index contributed by atoms with van der Waals surface area (Å²) in [5.41, 5.74) is 2.00. The highest BCUT2D eigenvalue weighted by Gasteiger charge is 2.07. The number of benzene rings is 1. The summed E-state index contributed by atoms with van der Waals surface area (Å²) < 4.78 is 9.99. The zero-order chi connectivity index (χ0) is 15.8. The van der Waals surface area contributed by atoms with Crippen molar-refractivity contribution in [2.24, 2.45) is 4.99 Å². The van der Waals surface area contributed by atoms with Gasteiger partial charge >= 0.3 is 0 Å². The van der Waals surface area contributed by atoms with Crippen molar-refractivity contribution in [1.82, 2.24) is 15.4 Å². The second-order valence-electron chi connectivity index (χ2n) is 4.87. The SMILES string of the molecule is CCNC(=NCc1ccon1)N(C)Cc1ccc(OC)cc1. The normalized spacial score (nSPS) is 11.3. The van der Waals surface area contributed by atoms with Gasteiger partial charge in [0.1, 0.15) is 17.7 Å². The van der Waals surface area contributed by atoms with E-state index >= 15 is 0 Å². The van der Waals surface area contributed by atoms with Gasteiger partial charge in [0, 0.05) is 26.2 Å². The van der Waals surface area contributed by atoms with Gasteiger partial charge in [0.05, 0.1) is 13.7 Å². The van der Waals surface area contributed by atoms with E-state index in [1.807, 2.05) is 32.2 Å². The maximum atomic E-state index is 5.17. The van der Waals surface area contributed by atoms with Crippen LogP contribution < -0.4 is 10.1 Å². The van der Waals surface area contributed by atoms with Crippen molar-refractivity contribution in [3.05, 3.63) is 47.9 Å². The van der Waals surface area contributed by atoms with Crippen LogP contribution in [0.5, 0.6) is 5.75 Å². The van der Waals surface area contributed by atoms with Crippen molar-refractivity contribution in [3.8, 4) is 5.75 Å². The quantitative estimate of drug-likeness (QED) is 0.655. The third kappa shape index (κ3) is 4.51. The minimum atomic E-state index is 0.492. The molecule has 2 rings (SSSR count). The average Bonchev–Trinajstić information content (AvgIpc) is 3.05. The first-order valence-corrected chi connectivity index (χ1v) is 7.24. The molecule has 118 valence electrons. The molecule has 0 radical (unpaired) electrons. The van der Waals surface area contributed by atoms with Gasteiger partial charge in [-0.25, -0.2) is 4.99 Å². The van der Waals surface area contributed by atoms with Gasteiger partial charge in [0.2, 0.25) is 0 Å². The minimum Gasteiger partial charge on any atom is -0.497 e. The molecule has 0 bridgehead atoms. The Morgan fingerprint density at radius 3 is 2.68 bits per heavy atom. The molecule has 22 heavy (non-hydrogen) atoms. The summed E-state index contributed by atoms with van der Waals surface area (Å²) in [6, 6.07) is 9.84. The Bertz CT molecular complexity index is 579. The summed E-state index contributed by atoms with van der Waals surface area (Å²) in [5.74, 6) is 1.69. The number of rotatable bonds is 6. The smallest absolute Gasteiger partial charge is 0.194 e. The first-order chi connectivity index (χ1) is 10.7. The van der Waals surface area contributed by atoms with Crippen LogP contribution in [0.3, 0.4) is 0 Å². The lowest BCUT2D eigenvalue weighted by Crippen LogP contribution is -2.38. The summed E-state index contributed by atoms with van der Waals surface area (Å²) in [5, 5.41) is 7.15. The summed E-state index contributed by atoms with van der Waals surface area (Å²) >= 11 is 0. The Kier molecular flexibility index (Phi) is 5.82. The molecule has 0 unspecified atom stereocenters.